The van der Waals surface area contributed by atoms with Gasteiger partial charge in [0.25, 0.3) is 5.91 Å². The van der Waals surface area contributed by atoms with Crippen molar-refractivity contribution in [2.45, 2.75) is 13.0 Å². The van der Waals surface area contributed by atoms with Gasteiger partial charge in [0.2, 0.25) is 0 Å². The number of fused-ring (bicyclic) bond motifs is 1. The van der Waals surface area contributed by atoms with Crippen molar-refractivity contribution in [1.29, 1.82) is 0 Å². The van der Waals surface area contributed by atoms with E-state index in [0.717, 1.165) is 25.1 Å². The molecule has 26 heavy (non-hydrogen) atoms. The van der Waals surface area contributed by atoms with Crippen LogP contribution >= 0.6 is 0 Å². The number of aromatic nitrogens is 2. The van der Waals surface area contributed by atoms with Gasteiger partial charge in [0.15, 0.2) is 0 Å². The molecule has 2 aromatic carbocycles. The lowest BCUT2D eigenvalue weighted by molar-refractivity contribution is 0.0954. The lowest BCUT2D eigenvalue weighted by atomic mass is 10.1. The highest BCUT2D eigenvalue weighted by Gasteiger charge is 2.17. The molecule has 0 atom stereocenters. The number of amides is 1. The summed E-state index contributed by atoms with van der Waals surface area (Å²) in [5.74, 6) is -0.0249. The van der Waals surface area contributed by atoms with E-state index in [2.05, 4.69) is 39.6 Å². The molecule has 0 fully saturated rings. The molecule has 0 spiro atoms. The average Bonchev–Trinajstić information content (AvgIpc) is 3.32. The zero-order valence-electron chi connectivity index (χ0n) is 14.6. The van der Waals surface area contributed by atoms with Gasteiger partial charge in [0.05, 0.1) is 6.54 Å². The quantitative estimate of drug-likeness (QED) is 0.747. The van der Waals surface area contributed by atoms with Crippen LogP contribution in [0.1, 0.15) is 21.5 Å². The third-order valence-corrected chi connectivity index (χ3v) is 4.77. The standard InChI is InChI=1S/C21H22N4O/c26-21(19-8-6-17(7-9-19)16-25-13-3-11-23-25)22-12-15-24-14-10-18-4-1-2-5-20(18)24/h1-9,11,13H,10,12,14-16H2,(H,22,26). The van der Waals surface area contributed by atoms with Crippen molar-refractivity contribution >= 4 is 11.6 Å². The summed E-state index contributed by atoms with van der Waals surface area (Å²) in [6, 6.07) is 18.1. The van der Waals surface area contributed by atoms with Crippen LogP contribution in [0.4, 0.5) is 5.69 Å². The Labute approximate surface area is 153 Å². The third-order valence-electron chi connectivity index (χ3n) is 4.77. The first kappa shape index (κ1) is 16.4. The van der Waals surface area contributed by atoms with Crippen LogP contribution in [-0.2, 0) is 13.0 Å². The fraction of sp³-hybridized carbons (Fsp3) is 0.238. The molecule has 0 saturated heterocycles. The second-order valence-corrected chi connectivity index (χ2v) is 6.52. The molecule has 1 N–H and O–H groups in total. The maximum atomic E-state index is 12.3. The fourth-order valence-electron chi connectivity index (χ4n) is 3.39. The Morgan fingerprint density at radius 2 is 1.92 bits per heavy atom. The van der Waals surface area contributed by atoms with E-state index in [0.29, 0.717) is 18.7 Å². The zero-order valence-corrected chi connectivity index (χ0v) is 14.6. The van der Waals surface area contributed by atoms with Gasteiger partial charge in [0, 0.05) is 43.3 Å². The number of carbonyl (C=O) groups excluding carboxylic acids is 1. The highest BCUT2D eigenvalue weighted by atomic mass is 16.1. The van der Waals surface area contributed by atoms with Gasteiger partial charge in [-0.1, -0.05) is 30.3 Å². The van der Waals surface area contributed by atoms with Crippen LogP contribution in [0.5, 0.6) is 0 Å². The van der Waals surface area contributed by atoms with Gasteiger partial charge in [-0.2, -0.15) is 5.10 Å². The third kappa shape index (κ3) is 3.61. The van der Waals surface area contributed by atoms with Gasteiger partial charge in [0.1, 0.15) is 0 Å². The molecule has 0 bridgehead atoms. The van der Waals surface area contributed by atoms with Crippen LogP contribution in [0.15, 0.2) is 67.0 Å². The summed E-state index contributed by atoms with van der Waals surface area (Å²) in [7, 11) is 0. The maximum absolute atomic E-state index is 12.3. The topological polar surface area (TPSA) is 50.2 Å². The molecule has 1 aliphatic rings. The molecule has 4 rings (SSSR count). The molecule has 1 amide bonds. The number of hydrogen-bond donors (Lipinski definition) is 1. The van der Waals surface area contributed by atoms with E-state index < -0.39 is 0 Å². The monoisotopic (exact) mass is 346 g/mol. The van der Waals surface area contributed by atoms with E-state index in [1.807, 2.05) is 41.2 Å². The predicted molar refractivity (Wildman–Crippen MR) is 102 cm³/mol. The fourth-order valence-corrected chi connectivity index (χ4v) is 3.39. The van der Waals surface area contributed by atoms with Crippen molar-refractivity contribution < 1.29 is 4.79 Å². The molecule has 0 aliphatic carbocycles. The molecule has 3 aromatic rings. The first-order valence-electron chi connectivity index (χ1n) is 8.97. The van der Waals surface area contributed by atoms with Crippen LogP contribution < -0.4 is 10.2 Å². The minimum atomic E-state index is -0.0249. The zero-order chi connectivity index (χ0) is 17.8. The summed E-state index contributed by atoms with van der Waals surface area (Å²) < 4.78 is 1.86. The number of para-hydroxylation sites is 1. The number of nitrogens with zero attached hydrogens (tertiary/aromatic N) is 3. The molecule has 1 aliphatic heterocycles. The Morgan fingerprint density at radius 3 is 2.73 bits per heavy atom. The summed E-state index contributed by atoms with van der Waals surface area (Å²) >= 11 is 0. The molecule has 1 aromatic heterocycles. The largest absolute Gasteiger partial charge is 0.369 e. The van der Waals surface area contributed by atoms with Crippen LogP contribution in [0.2, 0.25) is 0 Å². The Morgan fingerprint density at radius 1 is 1.08 bits per heavy atom. The van der Waals surface area contributed by atoms with Crippen molar-refractivity contribution in [3.8, 4) is 0 Å². The molecule has 0 unspecified atom stereocenters. The predicted octanol–water partition coefficient (Wildman–Crippen LogP) is 2.72. The summed E-state index contributed by atoms with van der Waals surface area (Å²) in [5, 5.41) is 7.22. The summed E-state index contributed by atoms with van der Waals surface area (Å²) in [6.07, 6.45) is 4.78. The van der Waals surface area contributed by atoms with Gasteiger partial charge in [-0.15, -0.1) is 0 Å². The minimum Gasteiger partial charge on any atom is -0.369 e. The molecule has 0 radical (unpaired) electrons. The molecule has 5 heteroatoms. The average molecular weight is 346 g/mol. The SMILES string of the molecule is O=C(NCCN1CCc2ccccc21)c1ccc(Cn2cccn2)cc1. The number of rotatable bonds is 6. The number of benzene rings is 2. The van der Waals surface area contributed by atoms with E-state index in [4.69, 9.17) is 0 Å². The molecular formula is C21H22N4O. The summed E-state index contributed by atoms with van der Waals surface area (Å²) in [6.45, 7) is 3.21. The van der Waals surface area contributed by atoms with Crippen molar-refractivity contribution in [3.63, 3.8) is 0 Å². The number of carbonyl (C=O) groups is 1. The Kier molecular flexibility index (Phi) is 4.69. The van der Waals surface area contributed by atoms with E-state index >= 15 is 0 Å². The number of hydrogen-bond acceptors (Lipinski definition) is 3. The number of nitrogens with one attached hydrogen (secondary N) is 1. The van der Waals surface area contributed by atoms with Gasteiger partial charge in [-0.3, -0.25) is 9.48 Å². The lowest BCUT2D eigenvalue weighted by Crippen LogP contribution is -2.34. The first-order valence-corrected chi connectivity index (χ1v) is 8.97. The van der Waals surface area contributed by atoms with E-state index in [1.54, 1.807) is 6.20 Å². The lowest BCUT2D eigenvalue weighted by Gasteiger charge is -2.19. The van der Waals surface area contributed by atoms with Crippen LogP contribution in [-0.4, -0.2) is 35.3 Å². The first-order chi connectivity index (χ1) is 12.8. The normalized spacial score (nSPS) is 12.8. The van der Waals surface area contributed by atoms with Gasteiger partial charge in [-0.25, -0.2) is 0 Å². The Bertz CT molecular complexity index is 871. The second kappa shape index (κ2) is 7.44. The molecule has 2 heterocycles. The van der Waals surface area contributed by atoms with Crippen LogP contribution in [0, 0.1) is 0 Å². The van der Waals surface area contributed by atoms with Crippen LogP contribution in [0.3, 0.4) is 0 Å². The highest BCUT2D eigenvalue weighted by molar-refractivity contribution is 5.94. The van der Waals surface area contributed by atoms with Crippen molar-refractivity contribution in [3.05, 3.63) is 83.7 Å². The number of anilines is 1. The van der Waals surface area contributed by atoms with Crippen LogP contribution in [0.25, 0.3) is 0 Å². The van der Waals surface area contributed by atoms with Crippen molar-refractivity contribution in [2.75, 3.05) is 24.5 Å². The minimum absolute atomic E-state index is 0.0249. The Balaban J connectivity index is 1.28. The second-order valence-electron chi connectivity index (χ2n) is 6.52. The molecule has 0 saturated carbocycles. The van der Waals surface area contributed by atoms with Gasteiger partial charge in [-0.05, 0) is 41.8 Å². The summed E-state index contributed by atoms with van der Waals surface area (Å²) in [5.41, 5.74) is 4.51. The Hall–Kier alpha value is -3.08. The van der Waals surface area contributed by atoms with Gasteiger partial charge >= 0.3 is 0 Å². The van der Waals surface area contributed by atoms with Gasteiger partial charge < -0.3 is 10.2 Å². The van der Waals surface area contributed by atoms with Crippen molar-refractivity contribution in [2.24, 2.45) is 0 Å². The molecule has 132 valence electrons. The summed E-state index contributed by atoms with van der Waals surface area (Å²) in [4.78, 5) is 14.7. The highest BCUT2D eigenvalue weighted by Crippen LogP contribution is 2.26. The molecule has 5 nitrogen and oxygen atoms in total. The van der Waals surface area contributed by atoms with E-state index in [9.17, 15) is 4.79 Å². The molecular weight excluding hydrogens is 324 g/mol. The van der Waals surface area contributed by atoms with Crippen molar-refractivity contribution in [1.82, 2.24) is 15.1 Å². The van der Waals surface area contributed by atoms with E-state index in [1.165, 1.54) is 11.3 Å². The van der Waals surface area contributed by atoms with E-state index in [-0.39, 0.29) is 5.91 Å². The smallest absolute Gasteiger partial charge is 0.251 e. The maximum Gasteiger partial charge on any atom is 0.251 e.